The van der Waals surface area contributed by atoms with Gasteiger partial charge in [0.25, 0.3) is 0 Å². The molecule has 2 aromatic carbocycles. The maximum Gasteiger partial charge on any atom is 0.199 e. The van der Waals surface area contributed by atoms with Crippen molar-refractivity contribution in [2.24, 2.45) is 5.10 Å². The van der Waals surface area contributed by atoms with Crippen LogP contribution in [0.25, 0.3) is 0 Å². The van der Waals surface area contributed by atoms with Gasteiger partial charge in [0, 0.05) is 5.02 Å². The summed E-state index contributed by atoms with van der Waals surface area (Å²) in [7, 11) is 0. The number of fused-ring (bicyclic) bond motifs is 2. The first kappa shape index (κ1) is 13.8. The van der Waals surface area contributed by atoms with Crippen LogP contribution in [0.2, 0.25) is 5.02 Å². The highest BCUT2D eigenvalue weighted by atomic mass is 35.5. The van der Waals surface area contributed by atoms with Crippen molar-refractivity contribution in [3.8, 4) is 0 Å². The van der Waals surface area contributed by atoms with Crippen molar-refractivity contribution < 1.29 is 4.79 Å². The number of para-hydroxylation sites is 1. The lowest BCUT2D eigenvalue weighted by Crippen LogP contribution is -2.17. The minimum atomic E-state index is 0.101. The molecule has 4 heteroatoms. The molecule has 0 unspecified atom stereocenters. The van der Waals surface area contributed by atoms with E-state index < -0.39 is 0 Å². The zero-order valence-electron chi connectivity index (χ0n) is 11.7. The van der Waals surface area contributed by atoms with Crippen LogP contribution >= 0.6 is 11.6 Å². The number of Topliss-reactive ketones (excluding diaryl/α,β-unsaturated/α-hetero) is 1. The minimum absolute atomic E-state index is 0.101. The Labute approximate surface area is 128 Å². The van der Waals surface area contributed by atoms with Crippen LogP contribution in [0.4, 0.5) is 5.69 Å². The van der Waals surface area contributed by atoms with Crippen LogP contribution < -0.4 is 5.01 Å². The van der Waals surface area contributed by atoms with Crippen molar-refractivity contribution in [2.45, 2.75) is 13.3 Å². The van der Waals surface area contributed by atoms with E-state index in [9.17, 15) is 4.79 Å². The second kappa shape index (κ2) is 5.70. The van der Waals surface area contributed by atoms with Crippen LogP contribution in [0, 0.1) is 0 Å². The first-order valence-corrected chi connectivity index (χ1v) is 7.19. The molecule has 2 bridgehead atoms. The standard InChI is InChI=1S/C10H10N2O.C7H5Cl/c1-8-10(13)7-12(11-8)9-5-3-2-4-6-9;8-7-2-1-5-3-6(7)4-5/h2-6H,7H2,1H3;1-3H,4H2. The van der Waals surface area contributed by atoms with E-state index in [2.05, 4.69) is 17.2 Å². The van der Waals surface area contributed by atoms with Gasteiger partial charge in [0.05, 0.1) is 5.69 Å². The van der Waals surface area contributed by atoms with E-state index in [0.717, 1.165) is 17.1 Å². The van der Waals surface area contributed by atoms with E-state index in [1.54, 1.807) is 11.9 Å². The first-order chi connectivity index (χ1) is 10.1. The lowest BCUT2D eigenvalue weighted by Gasteiger charge is -2.14. The van der Waals surface area contributed by atoms with Gasteiger partial charge in [0.2, 0.25) is 0 Å². The number of carbonyl (C=O) groups excluding carboxylic acids is 1. The van der Waals surface area contributed by atoms with Gasteiger partial charge in [-0.1, -0.05) is 41.9 Å². The van der Waals surface area contributed by atoms with Crippen molar-refractivity contribution in [1.29, 1.82) is 0 Å². The van der Waals surface area contributed by atoms with Gasteiger partial charge in [-0.25, -0.2) is 0 Å². The van der Waals surface area contributed by atoms with Crippen LogP contribution in [0.15, 0.2) is 53.6 Å². The number of hydrogen-bond donors (Lipinski definition) is 0. The average Bonchev–Trinajstić information content (AvgIpc) is 2.79. The highest BCUT2D eigenvalue weighted by molar-refractivity contribution is 6.42. The van der Waals surface area contributed by atoms with Crippen molar-refractivity contribution in [1.82, 2.24) is 0 Å². The average molecular weight is 299 g/mol. The minimum Gasteiger partial charge on any atom is -0.291 e. The van der Waals surface area contributed by atoms with Crippen molar-refractivity contribution >= 4 is 28.8 Å². The van der Waals surface area contributed by atoms with E-state index in [1.807, 2.05) is 36.4 Å². The number of hydrogen-bond acceptors (Lipinski definition) is 3. The Bertz CT molecular complexity index is 701. The zero-order chi connectivity index (χ0) is 14.8. The molecule has 3 nitrogen and oxygen atoms in total. The normalized spacial score (nSPS) is 15.0. The quantitative estimate of drug-likeness (QED) is 0.686. The largest absolute Gasteiger partial charge is 0.291 e. The predicted molar refractivity (Wildman–Crippen MR) is 86.2 cm³/mol. The lowest BCUT2D eigenvalue weighted by atomic mass is 9.94. The van der Waals surface area contributed by atoms with Crippen LogP contribution in [0.3, 0.4) is 0 Å². The van der Waals surface area contributed by atoms with Gasteiger partial charge in [-0.05, 0) is 42.7 Å². The molecule has 21 heavy (non-hydrogen) atoms. The maximum absolute atomic E-state index is 11.2. The van der Waals surface area contributed by atoms with Gasteiger partial charge in [-0.15, -0.1) is 0 Å². The van der Waals surface area contributed by atoms with Gasteiger partial charge in [0.1, 0.15) is 12.3 Å². The Morgan fingerprint density at radius 1 is 1.14 bits per heavy atom. The molecule has 0 saturated carbocycles. The van der Waals surface area contributed by atoms with Gasteiger partial charge in [-0.3, -0.25) is 9.80 Å². The fraction of sp³-hybridized carbons (Fsp3) is 0.176. The highest BCUT2D eigenvalue weighted by Gasteiger charge is 2.20. The van der Waals surface area contributed by atoms with E-state index >= 15 is 0 Å². The summed E-state index contributed by atoms with van der Waals surface area (Å²) < 4.78 is 0. The molecule has 5 rings (SSSR count). The molecule has 3 aliphatic rings. The molecule has 0 aromatic heterocycles. The van der Waals surface area contributed by atoms with Crippen molar-refractivity contribution in [2.75, 3.05) is 11.6 Å². The molecule has 2 aromatic rings. The van der Waals surface area contributed by atoms with Gasteiger partial charge >= 0.3 is 0 Å². The molecule has 0 spiro atoms. The van der Waals surface area contributed by atoms with Crippen LogP contribution in [-0.4, -0.2) is 18.0 Å². The zero-order valence-corrected chi connectivity index (χ0v) is 12.5. The number of anilines is 1. The third kappa shape index (κ3) is 2.98. The summed E-state index contributed by atoms with van der Waals surface area (Å²) in [6.45, 7) is 2.11. The Hall–Kier alpha value is -2.13. The SMILES string of the molecule is CC1=NN(c2ccccc2)CC1=O.Clc1ccc2cc1C2. The van der Waals surface area contributed by atoms with E-state index in [4.69, 9.17) is 11.6 Å². The number of halogens is 1. The third-order valence-electron chi connectivity index (χ3n) is 3.53. The van der Waals surface area contributed by atoms with Crippen LogP contribution in [0.5, 0.6) is 0 Å². The topological polar surface area (TPSA) is 32.7 Å². The fourth-order valence-electron chi connectivity index (χ4n) is 2.23. The van der Waals surface area contributed by atoms with E-state index in [0.29, 0.717) is 12.3 Å². The smallest absolute Gasteiger partial charge is 0.199 e. The molecule has 2 aliphatic carbocycles. The third-order valence-corrected chi connectivity index (χ3v) is 3.90. The number of benzene rings is 2. The Balaban J connectivity index is 0.000000140. The number of nitrogens with zero attached hydrogens (tertiary/aromatic N) is 2. The number of rotatable bonds is 1. The highest BCUT2D eigenvalue weighted by Crippen LogP contribution is 2.28. The van der Waals surface area contributed by atoms with Crippen molar-refractivity contribution in [3.05, 3.63) is 64.7 Å². The maximum atomic E-state index is 11.2. The van der Waals surface area contributed by atoms with Gasteiger partial charge in [-0.2, -0.15) is 5.10 Å². The van der Waals surface area contributed by atoms with Crippen LogP contribution in [-0.2, 0) is 11.2 Å². The lowest BCUT2D eigenvalue weighted by molar-refractivity contribution is -0.111. The fourth-order valence-corrected chi connectivity index (χ4v) is 2.42. The van der Waals surface area contributed by atoms with E-state index in [-0.39, 0.29) is 5.78 Å². The molecule has 0 radical (unpaired) electrons. The summed E-state index contributed by atoms with van der Waals surface area (Å²) >= 11 is 5.75. The summed E-state index contributed by atoms with van der Waals surface area (Å²) in [6, 6.07) is 15.8. The second-order valence-electron chi connectivity index (χ2n) is 5.10. The molecule has 0 fully saturated rings. The number of carbonyl (C=O) groups is 1. The Morgan fingerprint density at radius 2 is 1.86 bits per heavy atom. The summed E-state index contributed by atoms with van der Waals surface area (Å²) in [5.74, 6) is 0.101. The predicted octanol–water partition coefficient (Wildman–Crippen LogP) is 3.70. The van der Waals surface area contributed by atoms with Gasteiger partial charge < -0.3 is 0 Å². The molecule has 0 N–H and O–H groups in total. The number of ketones is 1. The summed E-state index contributed by atoms with van der Waals surface area (Å²) in [5, 5.41) is 6.78. The number of hydrazone groups is 1. The molecule has 0 saturated heterocycles. The van der Waals surface area contributed by atoms with Gasteiger partial charge in [0.15, 0.2) is 5.78 Å². The second-order valence-corrected chi connectivity index (χ2v) is 5.51. The first-order valence-electron chi connectivity index (χ1n) is 6.82. The van der Waals surface area contributed by atoms with Crippen molar-refractivity contribution in [3.63, 3.8) is 0 Å². The monoisotopic (exact) mass is 298 g/mol. The van der Waals surface area contributed by atoms with Crippen LogP contribution in [0.1, 0.15) is 18.1 Å². The molecule has 0 amide bonds. The molecular weight excluding hydrogens is 284 g/mol. The molecule has 106 valence electrons. The summed E-state index contributed by atoms with van der Waals surface area (Å²) in [6.07, 6.45) is 1.09. The Kier molecular flexibility index (Phi) is 3.76. The molecule has 0 atom stereocenters. The summed E-state index contributed by atoms with van der Waals surface area (Å²) in [5.41, 5.74) is 4.25. The molecular formula is C17H15ClN2O. The molecule has 1 heterocycles. The van der Waals surface area contributed by atoms with E-state index in [1.165, 1.54) is 11.1 Å². The molecule has 1 aliphatic heterocycles. The summed E-state index contributed by atoms with van der Waals surface area (Å²) in [4.78, 5) is 11.2. The Morgan fingerprint density at radius 3 is 2.29 bits per heavy atom.